The van der Waals surface area contributed by atoms with E-state index in [1.54, 1.807) is 12.5 Å². The van der Waals surface area contributed by atoms with Gasteiger partial charge in [0.25, 0.3) is 6.01 Å². The van der Waals surface area contributed by atoms with Gasteiger partial charge in [-0.05, 0) is 12.5 Å². The summed E-state index contributed by atoms with van der Waals surface area (Å²) in [4.78, 5) is 3.97. The fourth-order valence-corrected chi connectivity index (χ4v) is 1.19. The quantitative estimate of drug-likeness (QED) is 0.804. The molecule has 1 N–H and O–H groups in total. The molecule has 0 aliphatic rings. The molecule has 0 aliphatic carbocycles. The molecule has 0 fully saturated rings. The SMILES string of the molecule is Cc1ccc(CNc2ncco2)cc1. The van der Waals surface area contributed by atoms with Crippen LogP contribution in [0.15, 0.2) is 41.1 Å². The van der Waals surface area contributed by atoms with Crippen molar-refractivity contribution in [1.82, 2.24) is 4.98 Å². The molecule has 0 radical (unpaired) electrons. The zero-order valence-corrected chi connectivity index (χ0v) is 8.03. The first-order valence-corrected chi connectivity index (χ1v) is 4.53. The van der Waals surface area contributed by atoms with Crippen molar-refractivity contribution in [2.45, 2.75) is 13.5 Å². The van der Waals surface area contributed by atoms with Crippen molar-refractivity contribution >= 4 is 6.01 Å². The van der Waals surface area contributed by atoms with Crippen molar-refractivity contribution < 1.29 is 4.42 Å². The van der Waals surface area contributed by atoms with Gasteiger partial charge in [0.1, 0.15) is 6.26 Å². The van der Waals surface area contributed by atoms with E-state index in [2.05, 4.69) is 41.5 Å². The summed E-state index contributed by atoms with van der Waals surface area (Å²) in [6, 6.07) is 8.92. The Morgan fingerprint density at radius 2 is 2.07 bits per heavy atom. The van der Waals surface area contributed by atoms with Gasteiger partial charge in [-0.3, -0.25) is 0 Å². The van der Waals surface area contributed by atoms with Gasteiger partial charge in [0.15, 0.2) is 0 Å². The summed E-state index contributed by atoms with van der Waals surface area (Å²) in [5.74, 6) is 0. The topological polar surface area (TPSA) is 38.1 Å². The van der Waals surface area contributed by atoms with Gasteiger partial charge in [-0.15, -0.1) is 0 Å². The standard InChI is InChI=1S/C11H12N2O/c1-9-2-4-10(5-3-9)8-13-11-12-6-7-14-11/h2-7H,8H2,1H3,(H,12,13). The van der Waals surface area contributed by atoms with E-state index in [-0.39, 0.29) is 0 Å². The lowest BCUT2D eigenvalue weighted by molar-refractivity contribution is 0.571. The van der Waals surface area contributed by atoms with Crippen LogP contribution in [0.4, 0.5) is 6.01 Å². The Morgan fingerprint density at radius 3 is 2.71 bits per heavy atom. The Hall–Kier alpha value is -1.77. The Labute approximate surface area is 82.8 Å². The maximum absolute atomic E-state index is 5.06. The molecule has 0 bridgehead atoms. The first kappa shape index (κ1) is 8.81. The molecule has 0 spiro atoms. The van der Waals surface area contributed by atoms with Crippen molar-refractivity contribution in [2.75, 3.05) is 5.32 Å². The van der Waals surface area contributed by atoms with Crippen LogP contribution in [0, 0.1) is 6.92 Å². The van der Waals surface area contributed by atoms with Gasteiger partial charge in [0, 0.05) is 6.54 Å². The van der Waals surface area contributed by atoms with E-state index >= 15 is 0 Å². The third-order valence-electron chi connectivity index (χ3n) is 2.00. The molecule has 3 heteroatoms. The van der Waals surface area contributed by atoms with Crippen molar-refractivity contribution in [3.63, 3.8) is 0 Å². The molecule has 14 heavy (non-hydrogen) atoms. The highest BCUT2D eigenvalue weighted by molar-refractivity contribution is 5.26. The smallest absolute Gasteiger partial charge is 0.294 e. The summed E-state index contributed by atoms with van der Waals surface area (Å²) in [7, 11) is 0. The van der Waals surface area contributed by atoms with Crippen molar-refractivity contribution in [3.8, 4) is 0 Å². The predicted octanol–water partition coefficient (Wildman–Crippen LogP) is 2.60. The number of aryl methyl sites for hydroxylation is 1. The normalized spacial score (nSPS) is 10.1. The summed E-state index contributed by atoms with van der Waals surface area (Å²) in [6.07, 6.45) is 3.18. The van der Waals surface area contributed by atoms with E-state index in [1.165, 1.54) is 11.1 Å². The molecule has 0 amide bonds. The van der Waals surface area contributed by atoms with Crippen molar-refractivity contribution in [2.24, 2.45) is 0 Å². The lowest BCUT2D eigenvalue weighted by Crippen LogP contribution is -1.98. The average Bonchev–Trinajstić information content (AvgIpc) is 2.70. The number of hydrogen-bond acceptors (Lipinski definition) is 3. The highest BCUT2D eigenvalue weighted by Gasteiger charge is 1.96. The minimum Gasteiger partial charge on any atom is -0.432 e. The fraction of sp³-hybridized carbons (Fsp3) is 0.182. The van der Waals surface area contributed by atoms with Crippen LogP contribution < -0.4 is 5.32 Å². The first-order chi connectivity index (χ1) is 6.84. The lowest BCUT2D eigenvalue weighted by atomic mass is 10.1. The first-order valence-electron chi connectivity index (χ1n) is 4.53. The van der Waals surface area contributed by atoms with Crippen LogP contribution in [0.1, 0.15) is 11.1 Å². The Kier molecular flexibility index (Phi) is 2.49. The molecule has 0 saturated carbocycles. The zero-order valence-electron chi connectivity index (χ0n) is 8.03. The largest absolute Gasteiger partial charge is 0.432 e. The number of hydrogen-bond donors (Lipinski definition) is 1. The molecule has 72 valence electrons. The molecule has 1 aromatic heterocycles. The Bertz CT molecular complexity index is 378. The Morgan fingerprint density at radius 1 is 1.29 bits per heavy atom. The van der Waals surface area contributed by atoms with E-state index in [4.69, 9.17) is 4.42 Å². The van der Waals surface area contributed by atoms with E-state index in [0.717, 1.165) is 6.54 Å². The number of nitrogens with zero attached hydrogens (tertiary/aromatic N) is 1. The van der Waals surface area contributed by atoms with Crippen LogP contribution in [0.2, 0.25) is 0 Å². The van der Waals surface area contributed by atoms with Crippen molar-refractivity contribution in [1.29, 1.82) is 0 Å². The number of aromatic nitrogens is 1. The molecular formula is C11H12N2O. The molecule has 0 atom stereocenters. The van der Waals surface area contributed by atoms with Crippen LogP contribution in [0.5, 0.6) is 0 Å². The minimum absolute atomic E-state index is 0.561. The molecule has 0 unspecified atom stereocenters. The monoisotopic (exact) mass is 188 g/mol. The van der Waals surface area contributed by atoms with Gasteiger partial charge in [-0.1, -0.05) is 29.8 Å². The molecular weight excluding hydrogens is 176 g/mol. The van der Waals surface area contributed by atoms with Crippen LogP contribution in [-0.2, 0) is 6.54 Å². The molecule has 3 nitrogen and oxygen atoms in total. The van der Waals surface area contributed by atoms with E-state index in [9.17, 15) is 0 Å². The van der Waals surface area contributed by atoms with E-state index in [1.807, 2.05) is 0 Å². The van der Waals surface area contributed by atoms with Gasteiger partial charge < -0.3 is 9.73 Å². The van der Waals surface area contributed by atoms with E-state index in [0.29, 0.717) is 6.01 Å². The predicted molar refractivity (Wildman–Crippen MR) is 55.0 cm³/mol. The molecule has 1 heterocycles. The lowest BCUT2D eigenvalue weighted by Gasteiger charge is -2.01. The molecule has 1 aromatic carbocycles. The molecule has 2 aromatic rings. The number of rotatable bonds is 3. The van der Waals surface area contributed by atoms with Crippen LogP contribution >= 0.6 is 0 Å². The summed E-state index contributed by atoms with van der Waals surface area (Å²) in [5, 5.41) is 3.08. The number of anilines is 1. The zero-order chi connectivity index (χ0) is 9.80. The third kappa shape index (κ3) is 2.13. The highest BCUT2D eigenvalue weighted by Crippen LogP contribution is 2.07. The highest BCUT2D eigenvalue weighted by atomic mass is 16.4. The van der Waals surface area contributed by atoms with Crippen LogP contribution in [0.3, 0.4) is 0 Å². The summed E-state index contributed by atoms with van der Waals surface area (Å²) < 4.78 is 5.06. The average molecular weight is 188 g/mol. The number of benzene rings is 1. The second kappa shape index (κ2) is 3.96. The van der Waals surface area contributed by atoms with Gasteiger partial charge in [0.05, 0.1) is 6.20 Å². The number of nitrogens with one attached hydrogen (secondary N) is 1. The molecule has 0 aliphatic heterocycles. The minimum atomic E-state index is 0.561. The fourth-order valence-electron chi connectivity index (χ4n) is 1.19. The van der Waals surface area contributed by atoms with Gasteiger partial charge in [-0.25, -0.2) is 4.98 Å². The van der Waals surface area contributed by atoms with Gasteiger partial charge in [-0.2, -0.15) is 0 Å². The van der Waals surface area contributed by atoms with Crippen LogP contribution in [0.25, 0.3) is 0 Å². The maximum atomic E-state index is 5.06. The summed E-state index contributed by atoms with van der Waals surface area (Å²) in [6.45, 7) is 2.81. The van der Waals surface area contributed by atoms with Crippen LogP contribution in [-0.4, -0.2) is 4.98 Å². The van der Waals surface area contributed by atoms with Gasteiger partial charge in [0.2, 0.25) is 0 Å². The summed E-state index contributed by atoms with van der Waals surface area (Å²) >= 11 is 0. The summed E-state index contributed by atoms with van der Waals surface area (Å²) in [5.41, 5.74) is 2.48. The molecule has 2 rings (SSSR count). The second-order valence-electron chi connectivity index (χ2n) is 3.18. The number of oxazole rings is 1. The van der Waals surface area contributed by atoms with E-state index < -0.39 is 0 Å². The van der Waals surface area contributed by atoms with Gasteiger partial charge >= 0.3 is 0 Å². The molecule has 0 saturated heterocycles. The van der Waals surface area contributed by atoms with Crippen molar-refractivity contribution in [3.05, 3.63) is 47.9 Å². The third-order valence-corrected chi connectivity index (χ3v) is 2.00. The second-order valence-corrected chi connectivity index (χ2v) is 3.18. The maximum Gasteiger partial charge on any atom is 0.294 e. The Balaban J connectivity index is 1.95.